The molecule has 3 aromatic rings. The largest absolute Gasteiger partial charge is 0.462 e. The van der Waals surface area contributed by atoms with E-state index in [1.165, 1.54) is 6.07 Å². The number of nitrogens with zero attached hydrogens (tertiary/aromatic N) is 2. The molecule has 1 aliphatic rings. The number of benzene rings is 2. The zero-order chi connectivity index (χ0) is 25.1. The van der Waals surface area contributed by atoms with Gasteiger partial charge in [-0.3, -0.25) is 9.59 Å². The van der Waals surface area contributed by atoms with Crippen LogP contribution in [0.1, 0.15) is 48.3 Å². The highest BCUT2D eigenvalue weighted by Crippen LogP contribution is 2.31. The van der Waals surface area contributed by atoms with E-state index >= 15 is 0 Å². The summed E-state index contributed by atoms with van der Waals surface area (Å²) in [5, 5.41) is 3.91. The van der Waals surface area contributed by atoms with Crippen molar-refractivity contribution in [2.75, 3.05) is 43.0 Å². The van der Waals surface area contributed by atoms with E-state index in [0.717, 1.165) is 11.1 Å². The van der Waals surface area contributed by atoms with Gasteiger partial charge in [-0.2, -0.15) is 0 Å². The van der Waals surface area contributed by atoms with Crippen LogP contribution in [-0.2, 0) is 9.53 Å². The Bertz CT molecular complexity index is 1310. The van der Waals surface area contributed by atoms with Gasteiger partial charge in [0, 0.05) is 50.4 Å². The molecule has 8 nitrogen and oxygen atoms in total. The molecule has 4 rings (SSSR count). The maximum atomic E-state index is 13.1. The lowest BCUT2D eigenvalue weighted by molar-refractivity contribution is -0.129. The summed E-state index contributed by atoms with van der Waals surface area (Å²) in [6.45, 7) is 9.89. The molecular formula is C27H31N3O5. The van der Waals surface area contributed by atoms with Crippen LogP contribution in [0, 0.1) is 6.92 Å². The number of piperazine rings is 1. The Balaban J connectivity index is 1.70. The summed E-state index contributed by atoms with van der Waals surface area (Å²) >= 11 is 0. The van der Waals surface area contributed by atoms with Gasteiger partial charge >= 0.3 is 5.97 Å². The van der Waals surface area contributed by atoms with Crippen LogP contribution >= 0.6 is 0 Å². The Morgan fingerprint density at radius 1 is 1.11 bits per heavy atom. The first kappa shape index (κ1) is 24.3. The Morgan fingerprint density at radius 3 is 2.51 bits per heavy atom. The number of nitrogens with one attached hydrogen (secondary N) is 1. The Kier molecular flexibility index (Phi) is 7.10. The molecule has 0 spiro atoms. The Hall–Kier alpha value is -3.81. The number of hydrogen-bond acceptors (Lipinski definition) is 7. The van der Waals surface area contributed by atoms with Crippen molar-refractivity contribution >= 4 is 34.4 Å². The number of carbonyl (C=O) groups is 2. The van der Waals surface area contributed by atoms with Gasteiger partial charge in [-0.25, -0.2) is 4.79 Å². The van der Waals surface area contributed by atoms with Crippen LogP contribution in [0.3, 0.4) is 0 Å². The highest BCUT2D eigenvalue weighted by Gasteiger charge is 2.23. The van der Waals surface area contributed by atoms with Crippen molar-refractivity contribution in [3.05, 3.63) is 69.4 Å². The molecule has 0 aliphatic carbocycles. The molecule has 0 bridgehead atoms. The predicted molar refractivity (Wildman–Crippen MR) is 136 cm³/mol. The maximum Gasteiger partial charge on any atom is 0.340 e. The minimum absolute atomic E-state index is 0.0466. The lowest BCUT2D eigenvalue weighted by Gasteiger charge is -2.34. The molecule has 0 saturated carbocycles. The van der Waals surface area contributed by atoms with E-state index in [1.807, 2.05) is 43.0 Å². The second-order valence-electron chi connectivity index (χ2n) is 8.80. The third kappa shape index (κ3) is 5.16. The molecule has 1 saturated heterocycles. The van der Waals surface area contributed by atoms with Crippen molar-refractivity contribution in [1.82, 2.24) is 4.90 Å². The number of aryl methyl sites for hydroxylation is 1. The number of rotatable bonds is 6. The molecule has 1 aliphatic heterocycles. The molecule has 2 heterocycles. The highest BCUT2D eigenvalue weighted by molar-refractivity contribution is 5.95. The molecule has 1 amide bonds. The van der Waals surface area contributed by atoms with Gasteiger partial charge in [-0.1, -0.05) is 18.2 Å². The van der Waals surface area contributed by atoms with Crippen LogP contribution in [-0.4, -0.2) is 49.6 Å². The first-order valence-corrected chi connectivity index (χ1v) is 11.9. The summed E-state index contributed by atoms with van der Waals surface area (Å²) in [6.07, 6.45) is 0. The van der Waals surface area contributed by atoms with Gasteiger partial charge in [0.05, 0.1) is 23.6 Å². The number of carbonyl (C=O) groups excluding carboxylic acids is 2. The Morgan fingerprint density at radius 2 is 1.83 bits per heavy atom. The van der Waals surface area contributed by atoms with E-state index in [0.29, 0.717) is 60.9 Å². The fourth-order valence-corrected chi connectivity index (χ4v) is 4.45. The highest BCUT2D eigenvalue weighted by atomic mass is 16.5. The molecule has 1 atom stereocenters. The van der Waals surface area contributed by atoms with Crippen LogP contribution in [0.4, 0.5) is 11.6 Å². The number of esters is 1. The minimum Gasteiger partial charge on any atom is -0.462 e. The summed E-state index contributed by atoms with van der Waals surface area (Å²) in [6, 6.07) is 12.3. The van der Waals surface area contributed by atoms with Gasteiger partial charge in [0.15, 0.2) is 11.3 Å². The zero-order valence-corrected chi connectivity index (χ0v) is 20.6. The molecule has 1 fully saturated rings. The van der Waals surface area contributed by atoms with Crippen molar-refractivity contribution in [2.24, 2.45) is 0 Å². The average Bonchev–Trinajstić information content (AvgIpc) is 2.84. The summed E-state index contributed by atoms with van der Waals surface area (Å²) in [5.41, 5.74) is 3.26. The third-order valence-electron chi connectivity index (χ3n) is 6.29. The van der Waals surface area contributed by atoms with Crippen LogP contribution in [0.2, 0.25) is 0 Å². The second-order valence-corrected chi connectivity index (χ2v) is 8.80. The lowest BCUT2D eigenvalue weighted by Crippen LogP contribution is -2.48. The fraction of sp³-hybridized carbons (Fsp3) is 0.370. The molecular weight excluding hydrogens is 446 g/mol. The van der Waals surface area contributed by atoms with E-state index in [9.17, 15) is 14.4 Å². The predicted octanol–water partition coefficient (Wildman–Crippen LogP) is 4.12. The summed E-state index contributed by atoms with van der Waals surface area (Å²) in [5.74, 6) is 0.149. The van der Waals surface area contributed by atoms with Crippen molar-refractivity contribution in [2.45, 2.75) is 33.7 Å². The molecule has 1 unspecified atom stereocenters. The maximum absolute atomic E-state index is 13.1. The molecule has 1 aromatic heterocycles. The van der Waals surface area contributed by atoms with Gasteiger partial charge in [-0.15, -0.1) is 0 Å². The third-order valence-corrected chi connectivity index (χ3v) is 6.29. The molecule has 1 N–H and O–H groups in total. The first-order valence-electron chi connectivity index (χ1n) is 11.9. The molecule has 35 heavy (non-hydrogen) atoms. The van der Waals surface area contributed by atoms with Gasteiger partial charge < -0.3 is 24.3 Å². The standard InChI is InChI=1S/C27H31N3O5/c1-5-34-27(33)20-8-6-7-9-23(20)28-18(3)21-14-17(2)15-22-24(32)16-25(35-26(21)22)30-12-10-29(11-13-30)19(4)31/h6-9,14-16,18,28H,5,10-13H2,1-4H3. The average molecular weight is 478 g/mol. The molecule has 8 heteroatoms. The number of amides is 1. The SMILES string of the molecule is CCOC(=O)c1ccccc1NC(C)c1cc(C)cc2c(=O)cc(N3CCN(C(C)=O)CC3)oc12. The van der Waals surface area contributed by atoms with Crippen LogP contribution in [0.5, 0.6) is 0 Å². The van der Waals surface area contributed by atoms with Crippen molar-refractivity contribution in [3.8, 4) is 0 Å². The molecule has 184 valence electrons. The van der Waals surface area contributed by atoms with Gasteiger partial charge in [0.1, 0.15) is 5.58 Å². The van der Waals surface area contributed by atoms with E-state index in [1.54, 1.807) is 30.9 Å². The first-order chi connectivity index (χ1) is 16.8. The number of ether oxygens (including phenoxy) is 1. The number of fused-ring (bicyclic) bond motifs is 1. The smallest absolute Gasteiger partial charge is 0.340 e. The molecule has 0 radical (unpaired) electrons. The monoisotopic (exact) mass is 477 g/mol. The molecule has 2 aromatic carbocycles. The van der Waals surface area contributed by atoms with Crippen LogP contribution < -0.4 is 15.6 Å². The van der Waals surface area contributed by atoms with E-state index in [2.05, 4.69) is 5.32 Å². The topological polar surface area (TPSA) is 92.1 Å². The van der Waals surface area contributed by atoms with Crippen molar-refractivity contribution in [1.29, 1.82) is 0 Å². The lowest BCUT2D eigenvalue weighted by atomic mass is 10.0. The second kappa shape index (κ2) is 10.2. The summed E-state index contributed by atoms with van der Waals surface area (Å²) < 4.78 is 11.5. The number of anilines is 2. The van der Waals surface area contributed by atoms with E-state index in [4.69, 9.17) is 9.15 Å². The normalized spacial score (nSPS) is 14.6. The van der Waals surface area contributed by atoms with Gasteiger partial charge in [0.2, 0.25) is 5.91 Å². The van der Waals surface area contributed by atoms with Gasteiger partial charge in [-0.05, 0) is 44.5 Å². The van der Waals surface area contributed by atoms with Crippen molar-refractivity contribution in [3.63, 3.8) is 0 Å². The van der Waals surface area contributed by atoms with E-state index in [-0.39, 0.29) is 17.4 Å². The summed E-state index contributed by atoms with van der Waals surface area (Å²) in [7, 11) is 0. The van der Waals surface area contributed by atoms with E-state index < -0.39 is 5.97 Å². The quantitative estimate of drug-likeness (QED) is 0.534. The number of para-hydroxylation sites is 1. The minimum atomic E-state index is -0.393. The zero-order valence-electron chi connectivity index (χ0n) is 20.6. The van der Waals surface area contributed by atoms with Crippen LogP contribution in [0.15, 0.2) is 51.7 Å². The fourth-order valence-electron chi connectivity index (χ4n) is 4.45. The van der Waals surface area contributed by atoms with Gasteiger partial charge in [0.25, 0.3) is 0 Å². The summed E-state index contributed by atoms with van der Waals surface area (Å²) in [4.78, 5) is 41.0. The Labute approximate surface area is 204 Å². The number of hydrogen-bond donors (Lipinski definition) is 1. The van der Waals surface area contributed by atoms with Crippen molar-refractivity contribution < 1.29 is 18.7 Å². The van der Waals surface area contributed by atoms with Crippen LogP contribution in [0.25, 0.3) is 11.0 Å².